The normalized spacial score (nSPS) is 10.2. The molecule has 2 aromatic rings. The molecule has 0 radical (unpaired) electrons. The van der Waals surface area contributed by atoms with Gasteiger partial charge in [-0.25, -0.2) is 4.79 Å². The summed E-state index contributed by atoms with van der Waals surface area (Å²) in [6, 6.07) is 8.57. The summed E-state index contributed by atoms with van der Waals surface area (Å²) in [6.07, 6.45) is 0. The van der Waals surface area contributed by atoms with Gasteiger partial charge in [-0.3, -0.25) is 4.57 Å². The first-order valence-electron chi connectivity index (χ1n) is 4.53. The van der Waals surface area contributed by atoms with Gasteiger partial charge in [0.15, 0.2) is 11.8 Å². The Kier molecular flexibility index (Phi) is 2.28. The van der Waals surface area contributed by atoms with Crippen molar-refractivity contribution in [2.45, 2.75) is 0 Å². The Bertz CT molecular complexity index is 525. The zero-order chi connectivity index (χ0) is 11.7. The van der Waals surface area contributed by atoms with Gasteiger partial charge in [-0.05, 0) is 18.2 Å². The first kappa shape index (κ1) is 10.1. The number of carboxylic acids is 1. The smallest absolute Gasteiger partial charge is 0.335 e. The van der Waals surface area contributed by atoms with Crippen LogP contribution in [0.5, 0.6) is 11.8 Å². The Morgan fingerprint density at radius 2 is 1.69 bits per heavy atom. The molecule has 1 aromatic carbocycles. The lowest BCUT2D eigenvalue weighted by Gasteiger charge is -2.07. The average molecular weight is 219 g/mol. The lowest BCUT2D eigenvalue weighted by Crippen LogP contribution is -1.99. The number of aromatic hydroxyl groups is 2. The number of hydrogen-bond acceptors (Lipinski definition) is 3. The number of carboxylic acid groups (broad SMARTS) is 1. The third kappa shape index (κ3) is 1.58. The number of benzene rings is 1. The first-order valence-corrected chi connectivity index (χ1v) is 4.53. The highest BCUT2D eigenvalue weighted by Gasteiger charge is 2.10. The second kappa shape index (κ2) is 3.62. The van der Waals surface area contributed by atoms with Crippen LogP contribution in [-0.2, 0) is 0 Å². The second-order valence-corrected chi connectivity index (χ2v) is 3.24. The minimum Gasteiger partial charge on any atom is -0.494 e. The van der Waals surface area contributed by atoms with Crippen molar-refractivity contribution in [3.8, 4) is 17.4 Å². The lowest BCUT2D eigenvalue weighted by molar-refractivity contribution is 0.0697. The summed E-state index contributed by atoms with van der Waals surface area (Å²) in [4.78, 5) is 10.8. The predicted molar refractivity (Wildman–Crippen MR) is 56.1 cm³/mol. The molecule has 1 aromatic heterocycles. The predicted octanol–water partition coefficient (Wildman–Crippen LogP) is 1.59. The van der Waals surface area contributed by atoms with E-state index in [1.165, 1.54) is 30.3 Å². The summed E-state index contributed by atoms with van der Waals surface area (Å²) < 4.78 is 1.15. The molecule has 82 valence electrons. The van der Waals surface area contributed by atoms with Crippen LogP contribution in [0, 0.1) is 0 Å². The van der Waals surface area contributed by atoms with Crippen molar-refractivity contribution in [2.24, 2.45) is 0 Å². The fourth-order valence-corrected chi connectivity index (χ4v) is 1.46. The summed E-state index contributed by atoms with van der Waals surface area (Å²) in [5.74, 6) is -1.37. The number of carbonyl (C=O) groups is 1. The van der Waals surface area contributed by atoms with Crippen LogP contribution in [0.4, 0.5) is 0 Å². The van der Waals surface area contributed by atoms with Gasteiger partial charge in [0.1, 0.15) is 0 Å². The van der Waals surface area contributed by atoms with Crippen molar-refractivity contribution < 1.29 is 20.1 Å². The molecule has 2 rings (SSSR count). The number of rotatable bonds is 2. The van der Waals surface area contributed by atoms with Crippen LogP contribution in [0.1, 0.15) is 10.4 Å². The molecular formula is C11H9NO4. The highest BCUT2D eigenvalue weighted by atomic mass is 16.4. The van der Waals surface area contributed by atoms with Crippen LogP contribution in [0.2, 0.25) is 0 Å². The van der Waals surface area contributed by atoms with Crippen LogP contribution >= 0.6 is 0 Å². The molecular weight excluding hydrogens is 210 g/mol. The number of hydrogen-bond donors (Lipinski definition) is 3. The van der Waals surface area contributed by atoms with E-state index in [0.717, 1.165) is 4.57 Å². The Hall–Kier alpha value is -2.43. The van der Waals surface area contributed by atoms with Crippen molar-refractivity contribution in [2.75, 3.05) is 0 Å². The molecule has 0 saturated heterocycles. The summed E-state index contributed by atoms with van der Waals surface area (Å²) in [5.41, 5.74) is 0.477. The van der Waals surface area contributed by atoms with Gasteiger partial charge in [0.25, 0.3) is 0 Å². The van der Waals surface area contributed by atoms with E-state index in [4.69, 9.17) is 5.11 Å². The Labute approximate surface area is 90.8 Å². The Morgan fingerprint density at radius 1 is 1.06 bits per heavy atom. The van der Waals surface area contributed by atoms with Gasteiger partial charge in [-0.15, -0.1) is 0 Å². The molecule has 5 nitrogen and oxygen atoms in total. The number of nitrogens with zero attached hydrogens (tertiary/aromatic N) is 1. The molecule has 0 aliphatic rings. The summed E-state index contributed by atoms with van der Waals surface area (Å²) in [6.45, 7) is 0. The largest absolute Gasteiger partial charge is 0.494 e. The fraction of sp³-hybridized carbons (Fsp3) is 0. The van der Waals surface area contributed by atoms with Crippen molar-refractivity contribution in [3.05, 3.63) is 42.0 Å². The maximum atomic E-state index is 10.8. The van der Waals surface area contributed by atoms with Crippen LogP contribution in [0.25, 0.3) is 5.69 Å². The van der Waals surface area contributed by atoms with Crippen molar-refractivity contribution in [1.82, 2.24) is 4.57 Å². The minimum atomic E-state index is -1.06. The minimum absolute atomic E-state index is 0.0880. The van der Waals surface area contributed by atoms with Gasteiger partial charge < -0.3 is 15.3 Å². The summed E-state index contributed by atoms with van der Waals surface area (Å²) in [7, 11) is 0. The van der Waals surface area contributed by atoms with Gasteiger partial charge in [0.05, 0.1) is 11.3 Å². The average Bonchev–Trinajstić information content (AvgIpc) is 2.59. The molecule has 0 atom stereocenters. The Balaban J connectivity index is 2.57. The second-order valence-electron chi connectivity index (χ2n) is 3.24. The van der Waals surface area contributed by atoms with Crippen LogP contribution in [0.15, 0.2) is 36.4 Å². The van der Waals surface area contributed by atoms with Crippen LogP contribution in [-0.4, -0.2) is 25.9 Å². The molecule has 0 unspecified atom stereocenters. The number of aromatic nitrogens is 1. The highest BCUT2D eigenvalue weighted by molar-refractivity contribution is 5.88. The van der Waals surface area contributed by atoms with E-state index in [1.807, 2.05) is 0 Å². The molecule has 0 bridgehead atoms. The topological polar surface area (TPSA) is 82.7 Å². The molecule has 0 saturated carbocycles. The number of aromatic carboxylic acids is 1. The van der Waals surface area contributed by atoms with Crippen LogP contribution < -0.4 is 0 Å². The molecule has 16 heavy (non-hydrogen) atoms. The highest BCUT2D eigenvalue weighted by Crippen LogP contribution is 2.26. The van der Waals surface area contributed by atoms with E-state index in [1.54, 1.807) is 6.07 Å². The zero-order valence-corrected chi connectivity index (χ0v) is 8.16. The molecule has 0 aliphatic heterocycles. The first-order chi connectivity index (χ1) is 7.59. The van der Waals surface area contributed by atoms with Gasteiger partial charge in [0, 0.05) is 12.1 Å². The van der Waals surface area contributed by atoms with Gasteiger partial charge in [0.2, 0.25) is 0 Å². The molecule has 0 amide bonds. The summed E-state index contributed by atoms with van der Waals surface area (Å²) >= 11 is 0. The van der Waals surface area contributed by atoms with E-state index >= 15 is 0 Å². The standard InChI is InChI=1S/C11H9NO4/c13-9-4-5-10(14)12(9)8-3-1-2-7(6-8)11(15)16/h1-6,13-14H,(H,15,16). The van der Waals surface area contributed by atoms with Gasteiger partial charge >= 0.3 is 5.97 Å². The van der Waals surface area contributed by atoms with Crippen molar-refractivity contribution in [1.29, 1.82) is 0 Å². The maximum Gasteiger partial charge on any atom is 0.335 e. The van der Waals surface area contributed by atoms with Gasteiger partial charge in [-0.2, -0.15) is 0 Å². The van der Waals surface area contributed by atoms with Crippen molar-refractivity contribution in [3.63, 3.8) is 0 Å². The molecule has 5 heteroatoms. The van der Waals surface area contributed by atoms with E-state index in [9.17, 15) is 15.0 Å². The lowest BCUT2D eigenvalue weighted by atomic mass is 10.2. The van der Waals surface area contributed by atoms with E-state index in [2.05, 4.69) is 0 Å². The van der Waals surface area contributed by atoms with E-state index in [-0.39, 0.29) is 17.3 Å². The quantitative estimate of drug-likeness (QED) is 0.716. The summed E-state index contributed by atoms with van der Waals surface area (Å²) in [5, 5.41) is 27.8. The third-order valence-electron chi connectivity index (χ3n) is 2.19. The molecule has 0 spiro atoms. The van der Waals surface area contributed by atoms with E-state index < -0.39 is 5.97 Å². The molecule has 1 heterocycles. The molecule has 3 N–H and O–H groups in total. The monoisotopic (exact) mass is 219 g/mol. The SMILES string of the molecule is O=C(O)c1cccc(-n2c(O)ccc2O)c1. The Morgan fingerprint density at radius 3 is 2.25 bits per heavy atom. The molecule has 0 aliphatic carbocycles. The maximum absolute atomic E-state index is 10.8. The fourth-order valence-electron chi connectivity index (χ4n) is 1.46. The van der Waals surface area contributed by atoms with E-state index in [0.29, 0.717) is 5.69 Å². The zero-order valence-electron chi connectivity index (χ0n) is 8.16. The third-order valence-corrected chi connectivity index (χ3v) is 2.19. The van der Waals surface area contributed by atoms with Gasteiger partial charge in [-0.1, -0.05) is 6.07 Å². The van der Waals surface area contributed by atoms with Crippen LogP contribution in [0.3, 0.4) is 0 Å². The molecule has 0 fully saturated rings. The van der Waals surface area contributed by atoms with Crippen molar-refractivity contribution >= 4 is 5.97 Å².